The zero-order chi connectivity index (χ0) is 11.1. The van der Waals surface area contributed by atoms with Crippen molar-refractivity contribution in [2.24, 2.45) is 5.92 Å². The van der Waals surface area contributed by atoms with Gasteiger partial charge in [-0.1, -0.05) is 0 Å². The summed E-state index contributed by atoms with van der Waals surface area (Å²) >= 11 is 0. The van der Waals surface area contributed by atoms with E-state index in [1.54, 1.807) is 12.1 Å². The highest BCUT2D eigenvalue weighted by atomic mass is 16.7. The Bertz CT molecular complexity index is 455. The Morgan fingerprint density at radius 2 is 2.00 bits per heavy atom. The number of nitrogens with one attached hydrogen (secondary N) is 1. The van der Waals surface area contributed by atoms with E-state index in [2.05, 4.69) is 5.32 Å². The third kappa shape index (κ3) is 1.54. The van der Waals surface area contributed by atoms with Crippen LogP contribution in [0.2, 0.25) is 0 Å². The number of anilines is 2. The number of nitrogen functional groups attached to an aromatic ring is 1. The molecule has 0 bridgehead atoms. The van der Waals surface area contributed by atoms with Crippen molar-refractivity contribution in [2.45, 2.75) is 12.8 Å². The average molecular weight is 220 g/mol. The van der Waals surface area contributed by atoms with Crippen molar-refractivity contribution in [3.05, 3.63) is 12.1 Å². The molecule has 2 aliphatic rings. The van der Waals surface area contributed by atoms with E-state index in [0.717, 1.165) is 12.8 Å². The zero-order valence-corrected chi connectivity index (χ0v) is 8.66. The fourth-order valence-corrected chi connectivity index (χ4v) is 1.65. The van der Waals surface area contributed by atoms with Crippen molar-refractivity contribution in [3.63, 3.8) is 0 Å². The first-order valence-corrected chi connectivity index (χ1v) is 5.24. The van der Waals surface area contributed by atoms with Crippen LogP contribution in [0.15, 0.2) is 12.1 Å². The highest BCUT2D eigenvalue weighted by Crippen LogP contribution is 2.39. The summed E-state index contributed by atoms with van der Waals surface area (Å²) in [5.41, 5.74) is 6.91. The molecular formula is C11H12N2O3. The largest absolute Gasteiger partial charge is 0.454 e. The van der Waals surface area contributed by atoms with E-state index in [4.69, 9.17) is 15.2 Å². The van der Waals surface area contributed by atoms with Crippen LogP contribution in [-0.4, -0.2) is 12.7 Å². The monoisotopic (exact) mass is 220 g/mol. The summed E-state index contributed by atoms with van der Waals surface area (Å²) in [6, 6.07) is 3.38. The van der Waals surface area contributed by atoms with Crippen molar-refractivity contribution in [1.29, 1.82) is 0 Å². The van der Waals surface area contributed by atoms with Crippen LogP contribution in [0.25, 0.3) is 0 Å². The van der Waals surface area contributed by atoms with Gasteiger partial charge in [0.05, 0.1) is 11.4 Å². The van der Waals surface area contributed by atoms with Crippen LogP contribution in [-0.2, 0) is 4.79 Å². The van der Waals surface area contributed by atoms with E-state index >= 15 is 0 Å². The number of hydrogen-bond donors (Lipinski definition) is 2. The van der Waals surface area contributed by atoms with Crippen LogP contribution >= 0.6 is 0 Å². The maximum absolute atomic E-state index is 11.6. The quantitative estimate of drug-likeness (QED) is 0.738. The Morgan fingerprint density at radius 3 is 2.69 bits per heavy atom. The van der Waals surface area contributed by atoms with Gasteiger partial charge in [-0.25, -0.2) is 0 Å². The Labute approximate surface area is 92.5 Å². The molecule has 3 N–H and O–H groups in total. The van der Waals surface area contributed by atoms with E-state index in [-0.39, 0.29) is 18.6 Å². The predicted molar refractivity (Wildman–Crippen MR) is 58.3 cm³/mol. The zero-order valence-electron chi connectivity index (χ0n) is 8.66. The van der Waals surface area contributed by atoms with Crippen LogP contribution in [0.3, 0.4) is 0 Å². The highest BCUT2D eigenvalue weighted by Gasteiger charge is 2.30. The van der Waals surface area contributed by atoms with Crippen molar-refractivity contribution < 1.29 is 14.3 Å². The lowest BCUT2D eigenvalue weighted by Crippen LogP contribution is -2.14. The smallest absolute Gasteiger partial charge is 0.231 e. The summed E-state index contributed by atoms with van der Waals surface area (Å²) in [5.74, 6) is 1.44. The number of nitrogens with two attached hydrogens (primary N) is 1. The molecule has 0 unspecified atom stereocenters. The van der Waals surface area contributed by atoms with Gasteiger partial charge in [-0.15, -0.1) is 0 Å². The van der Waals surface area contributed by atoms with Crippen molar-refractivity contribution in [3.8, 4) is 11.5 Å². The fraction of sp³-hybridized carbons (Fsp3) is 0.364. The van der Waals surface area contributed by atoms with Crippen LogP contribution in [0, 0.1) is 5.92 Å². The van der Waals surface area contributed by atoms with Crippen LogP contribution in [0.5, 0.6) is 11.5 Å². The maximum Gasteiger partial charge on any atom is 0.231 e. The Hall–Kier alpha value is -1.91. The Balaban J connectivity index is 1.85. The van der Waals surface area contributed by atoms with Gasteiger partial charge in [0.25, 0.3) is 0 Å². The van der Waals surface area contributed by atoms with Gasteiger partial charge in [0.15, 0.2) is 11.5 Å². The normalized spacial score (nSPS) is 17.2. The van der Waals surface area contributed by atoms with Crippen molar-refractivity contribution >= 4 is 17.3 Å². The Kier molecular flexibility index (Phi) is 1.92. The summed E-state index contributed by atoms with van der Waals surface area (Å²) in [6.07, 6.45) is 1.94. The molecule has 0 radical (unpaired) electrons. The summed E-state index contributed by atoms with van der Waals surface area (Å²) in [5, 5.41) is 2.80. The van der Waals surface area contributed by atoms with E-state index in [0.29, 0.717) is 22.9 Å². The minimum absolute atomic E-state index is 0.0329. The summed E-state index contributed by atoms with van der Waals surface area (Å²) in [7, 11) is 0. The molecule has 1 aliphatic heterocycles. The molecule has 1 fully saturated rings. The number of hydrogen-bond acceptors (Lipinski definition) is 4. The molecule has 1 heterocycles. The van der Waals surface area contributed by atoms with Gasteiger partial charge >= 0.3 is 0 Å². The van der Waals surface area contributed by atoms with Gasteiger partial charge in [-0.3, -0.25) is 4.79 Å². The number of fused-ring (bicyclic) bond motifs is 1. The summed E-state index contributed by atoms with van der Waals surface area (Å²) in [6.45, 7) is 0.203. The molecule has 16 heavy (non-hydrogen) atoms. The van der Waals surface area contributed by atoms with E-state index < -0.39 is 0 Å². The number of amides is 1. The van der Waals surface area contributed by atoms with Gasteiger partial charge < -0.3 is 20.5 Å². The number of carbonyl (C=O) groups excluding carboxylic acids is 1. The molecule has 3 rings (SSSR count). The number of benzene rings is 1. The lowest BCUT2D eigenvalue weighted by molar-refractivity contribution is -0.117. The van der Waals surface area contributed by atoms with E-state index in [9.17, 15) is 4.79 Å². The first-order chi connectivity index (χ1) is 7.74. The molecule has 0 aromatic heterocycles. The molecule has 84 valence electrons. The fourth-order valence-electron chi connectivity index (χ4n) is 1.65. The highest BCUT2D eigenvalue weighted by molar-refractivity contribution is 5.97. The lowest BCUT2D eigenvalue weighted by Gasteiger charge is -2.08. The van der Waals surface area contributed by atoms with Crippen LogP contribution in [0.1, 0.15) is 12.8 Å². The van der Waals surface area contributed by atoms with Gasteiger partial charge in [-0.05, 0) is 12.8 Å². The van der Waals surface area contributed by atoms with Gasteiger partial charge in [-0.2, -0.15) is 0 Å². The topological polar surface area (TPSA) is 73.6 Å². The first-order valence-electron chi connectivity index (χ1n) is 5.24. The standard InChI is InChI=1S/C11H12N2O3/c12-7-3-9-10(16-5-15-9)4-8(7)13-11(14)6-1-2-6/h3-4,6H,1-2,5,12H2,(H,13,14). The summed E-state index contributed by atoms with van der Waals surface area (Å²) < 4.78 is 10.4. The predicted octanol–water partition coefficient (Wildman–Crippen LogP) is 1.35. The molecule has 5 nitrogen and oxygen atoms in total. The third-order valence-corrected chi connectivity index (χ3v) is 2.75. The SMILES string of the molecule is Nc1cc2c(cc1NC(=O)C1CC1)OCO2. The van der Waals surface area contributed by atoms with Gasteiger partial charge in [0.1, 0.15) is 0 Å². The molecule has 1 aromatic rings. The molecule has 0 saturated heterocycles. The minimum atomic E-state index is 0.0329. The summed E-state index contributed by atoms with van der Waals surface area (Å²) in [4.78, 5) is 11.6. The molecule has 1 saturated carbocycles. The van der Waals surface area contributed by atoms with Gasteiger partial charge in [0, 0.05) is 18.1 Å². The minimum Gasteiger partial charge on any atom is -0.454 e. The molecule has 5 heteroatoms. The van der Waals surface area contributed by atoms with E-state index in [1.807, 2.05) is 0 Å². The molecule has 1 amide bonds. The first kappa shape index (κ1) is 9.33. The molecule has 1 aromatic carbocycles. The second-order valence-electron chi connectivity index (χ2n) is 4.06. The Morgan fingerprint density at radius 1 is 1.31 bits per heavy atom. The lowest BCUT2D eigenvalue weighted by atomic mass is 10.2. The van der Waals surface area contributed by atoms with E-state index in [1.165, 1.54) is 0 Å². The number of ether oxygens (including phenoxy) is 2. The number of carbonyl (C=O) groups is 1. The second kappa shape index (κ2) is 3.30. The average Bonchev–Trinajstić information content (AvgIpc) is 3.01. The van der Waals surface area contributed by atoms with Crippen LogP contribution in [0.4, 0.5) is 11.4 Å². The molecular weight excluding hydrogens is 208 g/mol. The van der Waals surface area contributed by atoms with Gasteiger partial charge in [0.2, 0.25) is 12.7 Å². The van der Waals surface area contributed by atoms with Crippen molar-refractivity contribution in [2.75, 3.05) is 17.8 Å². The second-order valence-corrected chi connectivity index (χ2v) is 4.06. The number of rotatable bonds is 2. The van der Waals surface area contributed by atoms with Crippen LogP contribution < -0.4 is 20.5 Å². The van der Waals surface area contributed by atoms with Crippen molar-refractivity contribution in [1.82, 2.24) is 0 Å². The molecule has 0 atom stereocenters. The molecule has 0 spiro atoms. The third-order valence-electron chi connectivity index (χ3n) is 2.75. The molecule has 1 aliphatic carbocycles. The maximum atomic E-state index is 11.6.